The maximum Gasteiger partial charge on any atom is 0.412 e. The van der Waals surface area contributed by atoms with Crippen LogP contribution >= 0.6 is 0 Å². The van der Waals surface area contributed by atoms with Gasteiger partial charge in [-0.25, -0.2) is 22.2 Å². The zero-order valence-corrected chi connectivity index (χ0v) is 15.7. The molecule has 0 aromatic carbocycles. The molecular weight excluding hydrogens is 368 g/mol. The smallest absolute Gasteiger partial charge is 0.412 e. The van der Waals surface area contributed by atoms with Crippen LogP contribution in [0, 0.1) is 6.92 Å². The van der Waals surface area contributed by atoms with Crippen molar-refractivity contribution >= 4 is 32.8 Å². The number of nitrogens with one attached hydrogen (secondary N) is 1. The van der Waals surface area contributed by atoms with E-state index in [0.717, 1.165) is 16.5 Å². The number of nitrogens with zero attached hydrogens (tertiary/aromatic N) is 3. The quantitative estimate of drug-likeness (QED) is 0.739. The summed E-state index contributed by atoms with van der Waals surface area (Å²) in [5.74, 6) is 0.332. The molecule has 3 heterocycles. The molecule has 1 aliphatic carbocycles. The number of aromatic nitrogens is 3. The van der Waals surface area contributed by atoms with Crippen LogP contribution in [0.5, 0.6) is 0 Å². The Bertz CT molecular complexity index is 1150. The number of hydrogen-bond donors (Lipinski definition) is 1. The van der Waals surface area contributed by atoms with Crippen LogP contribution in [0.15, 0.2) is 36.8 Å². The number of pyridine rings is 2. The second-order valence-corrected chi connectivity index (χ2v) is 8.51. The Kier molecular flexibility index (Phi) is 4.11. The number of aryl methyl sites for hydroxylation is 1. The van der Waals surface area contributed by atoms with Crippen LogP contribution in [-0.4, -0.2) is 40.8 Å². The molecule has 9 heteroatoms. The minimum atomic E-state index is -3.41. The monoisotopic (exact) mass is 386 g/mol. The van der Waals surface area contributed by atoms with E-state index in [1.807, 2.05) is 0 Å². The molecule has 1 fully saturated rings. The molecule has 0 saturated heterocycles. The number of rotatable bonds is 4. The van der Waals surface area contributed by atoms with Gasteiger partial charge in [0, 0.05) is 29.5 Å². The average molecular weight is 386 g/mol. The lowest BCUT2D eigenvalue weighted by atomic mass is 10.0. The van der Waals surface area contributed by atoms with E-state index in [0.29, 0.717) is 29.9 Å². The lowest BCUT2D eigenvalue weighted by Crippen LogP contribution is -2.16. The van der Waals surface area contributed by atoms with E-state index in [9.17, 15) is 13.2 Å². The van der Waals surface area contributed by atoms with Crippen molar-refractivity contribution in [1.29, 1.82) is 0 Å². The molecule has 8 nitrogen and oxygen atoms in total. The Morgan fingerprint density at radius 3 is 2.78 bits per heavy atom. The van der Waals surface area contributed by atoms with Crippen molar-refractivity contribution < 1.29 is 17.9 Å². The van der Waals surface area contributed by atoms with Crippen molar-refractivity contribution in [1.82, 2.24) is 13.9 Å². The lowest BCUT2D eigenvalue weighted by Gasteiger charge is -2.10. The van der Waals surface area contributed by atoms with Crippen LogP contribution in [0.2, 0.25) is 0 Å². The number of ether oxygens (including phenoxy) is 1. The Hall–Kier alpha value is -2.94. The number of carbonyl (C=O) groups is 1. The van der Waals surface area contributed by atoms with Crippen LogP contribution in [0.25, 0.3) is 22.0 Å². The molecule has 1 amide bonds. The molecule has 1 aliphatic rings. The van der Waals surface area contributed by atoms with Gasteiger partial charge in [-0.05, 0) is 43.5 Å². The highest BCUT2D eigenvalue weighted by molar-refractivity contribution is 7.91. The predicted octanol–water partition coefficient (Wildman–Crippen LogP) is 2.93. The number of hydrogen-bond acceptors (Lipinski definition) is 6. The van der Waals surface area contributed by atoms with Crippen molar-refractivity contribution in [3.05, 3.63) is 42.5 Å². The van der Waals surface area contributed by atoms with E-state index in [4.69, 9.17) is 0 Å². The third kappa shape index (κ3) is 3.03. The summed E-state index contributed by atoms with van der Waals surface area (Å²) in [5.41, 5.74) is 2.75. The van der Waals surface area contributed by atoms with Crippen LogP contribution < -0.4 is 5.32 Å². The van der Waals surface area contributed by atoms with Crippen LogP contribution in [0.4, 0.5) is 10.6 Å². The second-order valence-electron chi connectivity index (χ2n) is 6.42. The summed E-state index contributed by atoms with van der Waals surface area (Å²) in [4.78, 5) is 19.9. The Labute approximate surface area is 156 Å². The highest BCUT2D eigenvalue weighted by Gasteiger charge is 2.38. The van der Waals surface area contributed by atoms with Gasteiger partial charge in [0.05, 0.1) is 23.6 Å². The molecule has 140 valence electrons. The molecule has 1 saturated carbocycles. The fourth-order valence-corrected chi connectivity index (χ4v) is 4.84. The van der Waals surface area contributed by atoms with E-state index in [-0.39, 0.29) is 5.25 Å². The van der Waals surface area contributed by atoms with Gasteiger partial charge in [0.2, 0.25) is 10.0 Å². The van der Waals surface area contributed by atoms with Crippen LogP contribution in [0.3, 0.4) is 0 Å². The minimum absolute atomic E-state index is 0.312. The van der Waals surface area contributed by atoms with Gasteiger partial charge in [0.25, 0.3) is 0 Å². The Balaban J connectivity index is 1.85. The summed E-state index contributed by atoms with van der Waals surface area (Å²) >= 11 is 0. The summed E-state index contributed by atoms with van der Waals surface area (Å²) in [5, 5.41) is 2.99. The third-order valence-electron chi connectivity index (χ3n) is 4.58. The molecule has 1 N–H and O–H groups in total. The van der Waals surface area contributed by atoms with Gasteiger partial charge in [-0.2, -0.15) is 0 Å². The van der Waals surface area contributed by atoms with Crippen molar-refractivity contribution in [2.24, 2.45) is 0 Å². The molecule has 4 rings (SSSR count). The van der Waals surface area contributed by atoms with E-state index in [1.54, 1.807) is 43.7 Å². The SMILES string of the molecule is COC(=O)Nc1cc(-c2cnc(C)c3c2ccn3S(=O)(=O)C2CC2)ccn1. The first-order valence-corrected chi connectivity index (χ1v) is 9.94. The summed E-state index contributed by atoms with van der Waals surface area (Å²) < 4.78 is 31.4. The molecule has 0 radical (unpaired) electrons. The number of methoxy groups -OCH3 is 1. The highest BCUT2D eigenvalue weighted by atomic mass is 32.2. The van der Waals surface area contributed by atoms with E-state index >= 15 is 0 Å². The zero-order chi connectivity index (χ0) is 19.2. The molecule has 0 spiro atoms. The van der Waals surface area contributed by atoms with Crippen molar-refractivity contribution in [3.63, 3.8) is 0 Å². The van der Waals surface area contributed by atoms with Crippen molar-refractivity contribution in [2.45, 2.75) is 25.0 Å². The largest absolute Gasteiger partial charge is 0.453 e. The van der Waals surface area contributed by atoms with Gasteiger partial charge in [0.1, 0.15) is 5.82 Å². The highest BCUT2D eigenvalue weighted by Crippen LogP contribution is 2.36. The first-order chi connectivity index (χ1) is 12.9. The number of carbonyl (C=O) groups excluding carboxylic acids is 1. The molecule has 3 aromatic heterocycles. The maximum absolute atomic E-state index is 12.7. The van der Waals surface area contributed by atoms with Gasteiger partial charge < -0.3 is 4.74 Å². The van der Waals surface area contributed by atoms with E-state index < -0.39 is 16.1 Å². The van der Waals surface area contributed by atoms with Gasteiger partial charge >= 0.3 is 6.09 Å². The first kappa shape index (κ1) is 17.5. The molecule has 27 heavy (non-hydrogen) atoms. The van der Waals surface area contributed by atoms with E-state index in [1.165, 1.54) is 11.1 Å². The molecule has 0 atom stereocenters. The zero-order valence-electron chi connectivity index (χ0n) is 14.8. The summed E-state index contributed by atoms with van der Waals surface area (Å²) in [6, 6.07) is 5.25. The Morgan fingerprint density at radius 1 is 1.30 bits per heavy atom. The minimum Gasteiger partial charge on any atom is -0.453 e. The van der Waals surface area contributed by atoms with Gasteiger partial charge in [-0.15, -0.1) is 0 Å². The molecule has 0 unspecified atom stereocenters. The summed E-state index contributed by atoms with van der Waals surface area (Å²) in [6.45, 7) is 1.79. The van der Waals surface area contributed by atoms with Gasteiger partial charge in [-0.3, -0.25) is 10.3 Å². The van der Waals surface area contributed by atoms with Crippen LogP contribution in [0.1, 0.15) is 18.5 Å². The molecule has 0 aliphatic heterocycles. The maximum atomic E-state index is 12.7. The fraction of sp³-hybridized carbons (Fsp3) is 0.278. The van der Waals surface area contributed by atoms with Crippen molar-refractivity contribution in [3.8, 4) is 11.1 Å². The normalized spacial score (nSPS) is 14.3. The predicted molar refractivity (Wildman–Crippen MR) is 101 cm³/mol. The Morgan fingerprint density at radius 2 is 2.07 bits per heavy atom. The molecule has 3 aromatic rings. The van der Waals surface area contributed by atoms with Crippen LogP contribution in [-0.2, 0) is 14.8 Å². The fourth-order valence-electron chi connectivity index (χ4n) is 3.07. The van der Waals surface area contributed by atoms with Gasteiger partial charge in [-0.1, -0.05) is 0 Å². The molecular formula is C18H18N4O4S. The van der Waals surface area contributed by atoms with E-state index in [2.05, 4.69) is 20.0 Å². The summed E-state index contributed by atoms with van der Waals surface area (Å²) in [6.07, 6.45) is 5.62. The topological polar surface area (TPSA) is 103 Å². The van der Waals surface area contributed by atoms with Gasteiger partial charge in [0.15, 0.2) is 0 Å². The first-order valence-electron chi connectivity index (χ1n) is 8.44. The third-order valence-corrected chi connectivity index (χ3v) is 6.75. The standard InChI is InChI=1S/C18H18N4O4S/c1-11-17-14(6-8-22(17)27(24,25)13-3-4-13)15(10-20-11)12-5-7-19-16(9-12)21-18(23)26-2/h5-10,13H,3-4H2,1-2H3,(H,19,21,23). The summed E-state index contributed by atoms with van der Waals surface area (Å²) in [7, 11) is -2.13. The number of anilines is 1. The average Bonchev–Trinajstić information content (AvgIpc) is 3.41. The number of fused-ring (bicyclic) bond motifs is 1. The lowest BCUT2D eigenvalue weighted by molar-refractivity contribution is 0.187. The second kappa shape index (κ2) is 6.34. The number of amides is 1. The molecule has 0 bridgehead atoms. The van der Waals surface area contributed by atoms with Crippen molar-refractivity contribution in [2.75, 3.05) is 12.4 Å².